The van der Waals surface area contributed by atoms with Crippen LogP contribution in [0.15, 0.2) is 66.2 Å². The molecule has 0 aliphatic heterocycles. The van der Waals surface area contributed by atoms with Crippen molar-refractivity contribution < 1.29 is 0 Å². The summed E-state index contributed by atoms with van der Waals surface area (Å²) in [6, 6.07) is 20.0. The highest BCUT2D eigenvalue weighted by atomic mass is 14.6. The smallest absolute Gasteiger partial charge is 0.0402 e. The van der Waals surface area contributed by atoms with Crippen molar-refractivity contribution in [1.82, 2.24) is 0 Å². The number of hydrogen-bond acceptors (Lipinski definition) is 2. The largest absolute Gasteiger partial charge is 0.326 e. The Labute approximate surface area is 114 Å². The first kappa shape index (κ1) is 13.2. The lowest BCUT2D eigenvalue weighted by Crippen LogP contribution is -2.14. The number of nitrogens with one attached hydrogen (secondary N) is 1. The van der Waals surface area contributed by atoms with Gasteiger partial charge in [0.05, 0.1) is 0 Å². The zero-order chi connectivity index (χ0) is 13.5. The van der Waals surface area contributed by atoms with Crippen molar-refractivity contribution in [3.8, 4) is 0 Å². The SMILES string of the molecule is N=C(Cc1ccccc1)C(=Cc1ccccc1)CN. The van der Waals surface area contributed by atoms with Crippen molar-refractivity contribution in [3.63, 3.8) is 0 Å². The topological polar surface area (TPSA) is 49.9 Å². The fourth-order valence-electron chi connectivity index (χ4n) is 1.93. The molecule has 0 radical (unpaired) electrons. The Kier molecular flexibility index (Phi) is 4.65. The first-order chi connectivity index (χ1) is 9.29. The van der Waals surface area contributed by atoms with Crippen molar-refractivity contribution in [2.75, 3.05) is 6.54 Å². The molecule has 3 N–H and O–H groups in total. The van der Waals surface area contributed by atoms with E-state index in [9.17, 15) is 0 Å². The monoisotopic (exact) mass is 250 g/mol. The maximum Gasteiger partial charge on any atom is 0.0402 e. The summed E-state index contributed by atoms with van der Waals surface area (Å²) >= 11 is 0. The van der Waals surface area contributed by atoms with E-state index in [1.165, 1.54) is 0 Å². The number of nitrogens with two attached hydrogens (primary N) is 1. The fraction of sp³-hybridized carbons (Fsp3) is 0.118. The summed E-state index contributed by atoms with van der Waals surface area (Å²) in [5.74, 6) is 0. The van der Waals surface area contributed by atoms with Gasteiger partial charge in [-0.1, -0.05) is 60.7 Å². The summed E-state index contributed by atoms with van der Waals surface area (Å²) in [4.78, 5) is 0. The average Bonchev–Trinajstić information content (AvgIpc) is 2.47. The molecule has 0 spiro atoms. The van der Waals surface area contributed by atoms with Crippen LogP contribution in [-0.4, -0.2) is 12.3 Å². The summed E-state index contributed by atoms with van der Waals surface area (Å²) < 4.78 is 0. The van der Waals surface area contributed by atoms with Crippen LogP contribution in [0, 0.1) is 5.41 Å². The van der Waals surface area contributed by atoms with Crippen molar-refractivity contribution in [1.29, 1.82) is 5.41 Å². The molecule has 2 nitrogen and oxygen atoms in total. The van der Waals surface area contributed by atoms with Crippen LogP contribution < -0.4 is 5.73 Å². The molecule has 2 aromatic carbocycles. The van der Waals surface area contributed by atoms with Gasteiger partial charge in [0.1, 0.15) is 0 Å². The van der Waals surface area contributed by atoms with E-state index in [-0.39, 0.29) is 0 Å². The van der Waals surface area contributed by atoms with Crippen LogP contribution in [-0.2, 0) is 6.42 Å². The zero-order valence-electron chi connectivity index (χ0n) is 10.8. The molecule has 0 aromatic heterocycles. The van der Waals surface area contributed by atoms with Gasteiger partial charge in [0.2, 0.25) is 0 Å². The van der Waals surface area contributed by atoms with E-state index in [4.69, 9.17) is 11.1 Å². The number of hydrogen-bond donors (Lipinski definition) is 2. The van der Waals surface area contributed by atoms with Crippen molar-refractivity contribution in [3.05, 3.63) is 77.4 Å². The summed E-state index contributed by atoms with van der Waals surface area (Å²) in [5, 5.41) is 8.18. The third-order valence-corrected chi connectivity index (χ3v) is 2.97. The van der Waals surface area contributed by atoms with Crippen molar-refractivity contribution >= 4 is 11.8 Å². The van der Waals surface area contributed by atoms with E-state index in [0.29, 0.717) is 18.7 Å². The molecule has 0 amide bonds. The van der Waals surface area contributed by atoms with E-state index < -0.39 is 0 Å². The maximum atomic E-state index is 8.18. The Balaban J connectivity index is 2.14. The van der Waals surface area contributed by atoms with Crippen LogP contribution in [0.5, 0.6) is 0 Å². The molecule has 0 fully saturated rings. The van der Waals surface area contributed by atoms with E-state index in [1.807, 2.05) is 66.7 Å². The fourth-order valence-corrected chi connectivity index (χ4v) is 1.93. The molecule has 0 unspecified atom stereocenters. The lowest BCUT2D eigenvalue weighted by atomic mass is 10.0. The second kappa shape index (κ2) is 6.66. The highest BCUT2D eigenvalue weighted by Gasteiger charge is 2.05. The van der Waals surface area contributed by atoms with Crippen LogP contribution in [0.2, 0.25) is 0 Å². The molecule has 96 valence electrons. The van der Waals surface area contributed by atoms with Crippen LogP contribution in [0.1, 0.15) is 11.1 Å². The summed E-state index contributed by atoms with van der Waals surface area (Å²) in [6.45, 7) is 0.389. The van der Waals surface area contributed by atoms with Gasteiger partial charge in [-0.25, -0.2) is 0 Å². The summed E-state index contributed by atoms with van der Waals surface area (Å²) in [7, 11) is 0. The van der Waals surface area contributed by atoms with Gasteiger partial charge in [0.15, 0.2) is 0 Å². The van der Waals surface area contributed by atoms with Gasteiger partial charge in [-0.3, -0.25) is 0 Å². The van der Waals surface area contributed by atoms with Gasteiger partial charge in [-0.2, -0.15) is 0 Å². The Morgan fingerprint density at radius 3 is 2.11 bits per heavy atom. The van der Waals surface area contributed by atoms with Gasteiger partial charge < -0.3 is 11.1 Å². The molecule has 0 aliphatic carbocycles. The van der Waals surface area contributed by atoms with Gasteiger partial charge in [0, 0.05) is 18.7 Å². The molecule has 0 bridgehead atoms. The molecular formula is C17H18N2. The standard InChI is InChI=1S/C17H18N2/c18-13-16(11-14-7-3-1-4-8-14)17(19)12-15-9-5-2-6-10-15/h1-11,19H,12-13,18H2. The zero-order valence-corrected chi connectivity index (χ0v) is 10.8. The number of rotatable bonds is 5. The van der Waals surface area contributed by atoms with Crippen molar-refractivity contribution in [2.24, 2.45) is 5.73 Å². The van der Waals surface area contributed by atoms with Gasteiger partial charge in [-0.05, 0) is 22.8 Å². The first-order valence-electron chi connectivity index (χ1n) is 6.37. The quantitative estimate of drug-likeness (QED) is 0.786. The third-order valence-electron chi connectivity index (χ3n) is 2.97. The van der Waals surface area contributed by atoms with E-state index in [0.717, 1.165) is 16.7 Å². The molecule has 0 aliphatic rings. The van der Waals surface area contributed by atoms with Gasteiger partial charge >= 0.3 is 0 Å². The molecule has 0 heterocycles. The highest BCUT2D eigenvalue weighted by Crippen LogP contribution is 2.10. The lowest BCUT2D eigenvalue weighted by molar-refractivity contribution is 1.17. The molecule has 0 atom stereocenters. The van der Waals surface area contributed by atoms with Crippen LogP contribution in [0.25, 0.3) is 6.08 Å². The molecule has 2 heteroatoms. The molecular weight excluding hydrogens is 232 g/mol. The van der Waals surface area contributed by atoms with Crippen LogP contribution in [0.3, 0.4) is 0 Å². The van der Waals surface area contributed by atoms with E-state index in [2.05, 4.69) is 0 Å². The highest BCUT2D eigenvalue weighted by molar-refractivity contribution is 6.03. The summed E-state index contributed by atoms with van der Waals surface area (Å²) in [5.41, 5.74) is 9.45. The summed E-state index contributed by atoms with van der Waals surface area (Å²) in [6.07, 6.45) is 2.61. The minimum atomic E-state index is 0.389. The van der Waals surface area contributed by atoms with Crippen LogP contribution in [0.4, 0.5) is 0 Å². The van der Waals surface area contributed by atoms with Gasteiger partial charge in [-0.15, -0.1) is 0 Å². The lowest BCUT2D eigenvalue weighted by Gasteiger charge is -2.07. The normalized spacial score (nSPS) is 11.3. The third kappa shape index (κ3) is 3.90. The van der Waals surface area contributed by atoms with E-state index >= 15 is 0 Å². The minimum Gasteiger partial charge on any atom is -0.326 e. The molecule has 2 aromatic rings. The predicted octanol–water partition coefficient (Wildman–Crippen LogP) is 3.29. The predicted molar refractivity (Wildman–Crippen MR) is 81.3 cm³/mol. The first-order valence-corrected chi connectivity index (χ1v) is 6.37. The van der Waals surface area contributed by atoms with Crippen LogP contribution >= 0.6 is 0 Å². The second-order valence-corrected chi connectivity index (χ2v) is 4.43. The minimum absolute atomic E-state index is 0.389. The average molecular weight is 250 g/mol. The Bertz CT molecular complexity index is 556. The molecule has 0 saturated heterocycles. The molecule has 2 rings (SSSR count). The molecule has 0 saturated carbocycles. The maximum absolute atomic E-state index is 8.18. The molecule has 19 heavy (non-hydrogen) atoms. The number of benzene rings is 2. The van der Waals surface area contributed by atoms with E-state index in [1.54, 1.807) is 0 Å². The Morgan fingerprint density at radius 2 is 1.53 bits per heavy atom. The Morgan fingerprint density at radius 1 is 0.947 bits per heavy atom. The second-order valence-electron chi connectivity index (χ2n) is 4.43. The van der Waals surface area contributed by atoms with Gasteiger partial charge in [0.25, 0.3) is 0 Å². The Hall–Kier alpha value is -2.19. The van der Waals surface area contributed by atoms with Crippen molar-refractivity contribution in [2.45, 2.75) is 6.42 Å².